The molecule has 4 rings (SSSR count). The van der Waals surface area contributed by atoms with Crippen LogP contribution in [-0.2, 0) is 0 Å². The summed E-state index contributed by atoms with van der Waals surface area (Å²) < 4.78 is 13.1. The smallest absolute Gasteiger partial charge is 0.159 e. The fourth-order valence-electron chi connectivity index (χ4n) is 3.04. The van der Waals surface area contributed by atoms with Gasteiger partial charge in [-0.05, 0) is 55.5 Å². The normalized spacial score (nSPS) is 14.1. The van der Waals surface area contributed by atoms with Gasteiger partial charge in [0, 0.05) is 22.2 Å². The largest absolute Gasteiger partial charge is 0.510 e. The van der Waals surface area contributed by atoms with Gasteiger partial charge in [-0.2, -0.15) is 0 Å². The third-order valence-electron chi connectivity index (χ3n) is 4.55. The standard InChI is InChI=1S/C21H16FN3O2S/c1-12(26)13-4-8-16(9-5-13)25-10-18(27)19(20(25)23)21-24-17(11-28-21)14-2-6-15(22)7-3-14/h2-9,11,23,27H,10H2,1H3. The summed E-state index contributed by atoms with van der Waals surface area (Å²) in [5.41, 5.74) is 3.12. The molecule has 2 aromatic carbocycles. The molecule has 140 valence electrons. The number of Topliss-reactive ketones (excluding diaryl/α,β-unsaturated/α-hetero) is 1. The number of hydrogen-bond donors (Lipinski definition) is 2. The quantitative estimate of drug-likeness (QED) is 0.617. The van der Waals surface area contributed by atoms with Crippen molar-refractivity contribution in [1.29, 1.82) is 5.41 Å². The molecule has 2 N–H and O–H groups in total. The van der Waals surface area contributed by atoms with E-state index in [2.05, 4.69) is 4.98 Å². The van der Waals surface area contributed by atoms with Crippen molar-refractivity contribution in [3.05, 3.63) is 76.1 Å². The summed E-state index contributed by atoms with van der Waals surface area (Å²) in [4.78, 5) is 17.6. The first-order valence-electron chi connectivity index (χ1n) is 8.55. The van der Waals surface area contributed by atoms with E-state index in [1.165, 1.54) is 30.4 Å². The van der Waals surface area contributed by atoms with Crippen molar-refractivity contribution in [3.8, 4) is 11.3 Å². The lowest BCUT2D eigenvalue weighted by molar-refractivity contribution is 0.101. The van der Waals surface area contributed by atoms with Crippen LogP contribution in [0.3, 0.4) is 0 Å². The Labute approximate surface area is 164 Å². The van der Waals surface area contributed by atoms with E-state index in [1.54, 1.807) is 41.3 Å². The van der Waals surface area contributed by atoms with E-state index in [0.29, 0.717) is 27.5 Å². The first-order valence-corrected chi connectivity index (χ1v) is 9.43. The molecule has 3 aromatic rings. The summed E-state index contributed by atoms with van der Waals surface area (Å²) in [6.07, 6.45) is 0. The van der Waals surface area contributed by atoms with E-state index in [9.17, 15) is 14.3 Å². The fourth-order valence-corrected chi connectivity index (χ4v) is 3.94. The van der Waals surface area contributed by atoms with Crippen molar-refractivity contribution in [3.63, 3.8) is 0 Å². The van der Waals surface area contributed by atoms with Crippen molar-refractivity contribution in [2.24, 2.45) is 0 Å². The van der Waals surface area contributed by atoms with Gasteiger partial charge >= 0.3 is 0 Å². The molecule has 0 fully saturated rings. The van der Waals surface area contributed by atoms with Gasteiger partial charge in [0.1, 0.15) is 22.4 Å². The molecule has 7 heteroatoms. The van der Waals surface area contributed by atoms with Crippen LogP contribution < -0.4 is 4.90 Å². The van der Waals surface area contributed by atoms with Crippen LogP contribution in [0, 0.1) is 11.2 Å². The molecular weight excluding hydrogens is 377 g/mol. The minimum atomic E-state index is -0.316. The SMILES string of the molecule is CC(=O)c1ccc(N2CC(O)=C(c3nc(-c4ccc(F)cc4)cs3)C2=N)cc1. The molecule has 0 saturated carbocycles. The van der Waals surface area contributed by atoms with E-state index in [0.717, 1.165) is 5.56 Å². The number of aromatic nitrogens is 1. The van der Waals surface area contributed by atoms with Gasteiger partial charge in [0.25, 0.3) is 0 Å². The molecule has 0 radical (unpaired) electrons. The van der Waals surface area contributed by atoms with E-state index in [1.807, 2.05) is 5.38 Å². The van der Waals surface area contributed by atoms with Crippen LogP contribution in [-0.4, -0.2) is 28.3 Å². The molecular formula is C21H16FN3O2S. The number of amidine groups is 1. The molecule has 2 heterocycles. The zero-order chi connectivity index (χ0) is 19.8. The number of aliphatic hydroxyl groups excluding tert-OH is 1. The van der Waals surface area contributed by atoms with Crippen LogP contribution in [0.2, 0.25) is 0 Å². The second kappa shape index (κ2) is 7.01. The van der Waals surface area contributed by atoms with Crippen molar-refractivity contribution in [2.75, 3.05) is 11.4 Å². The Bertz CT molecular complexity index is 1100. The van der Waals surface area contributed by atoms with Gasteiger partial charge in [0.15, 0.2) is 5.78 Å². The topological polar surface area (TPSA) is 77.3 Å². The third-order valence-corrected chi connectivity index (χ3v) is 5.41. The first kappa shape index (κ1) is 18.1. The van der Waals surface area contributed by atoms with Crippen molar-refractivity contribution in [1.82, 2.24) is 4.98 Å². The lowest BCUT2D eigenvalue weighted by atomic mass is 10.1. The number of hydrogen-bond acceptors (Lipinski definition) is 5. The van der Waals surface area contributed by atoms with E-state index >= 15 is 0 Å². The Kier molecular flexibility index (Phi) is 4.52. The summed E-state index contributed by atoms with van der Waals surface area (Å²) in [7, 11) is 0. The maximum atomic E-state index is 13.1. The van der Waals surface area contributed by atoms with Gasteiger partial charge in [-0.15, -0.1) is 11.3 Å². The Morgan fingerprint density at radius 3 is 2.50 bits per heavy atom. The van der Waals surface area contributed by atoms with Gasteiger partial charge in [-0.1, -0.05) is 0 Å². The number of carbonyl (C=O) groups is 1. The zero-order valence-electron chi connectivity index (χ0n) is 14.9. The van der Waals surface area contributed by atoms with Crippen LogP contribution in [0.1, 0.15) is 22.3 Å². The second-order valence-corrected chi connectivity index (χ2v) is 7.26. The molecule has 28 heavy (non-hydrogen) atoms. The molecule has 0 amide bonds. The average molecular weight is 393 g/mol. The first-order chi connectivity index (χ1) is 13.4. The third kappa shape index (κ3) is 3.20. The van der Waals surface area contributed by atoms with Gasteiger partial charge in [0.2, 0.25) is 0 Å². The summed E-state index contributed by atoms with van der Waals surface area (Å²) in [6, 6.07) is 13.0. The van der Waals surface area contributed by atoms with Crippen molar-refractivity contribution < 1.29 is 14.3 Å². The van der Waals surface area contributed by atoms with Gasteiger partial charge < -0.3 is 10.0 Å². The number of anilines is 1. The zero-order valence-corrected chi connectivity index (χ0v) is 15.8. The summed E-state index contributed by atoms with van der Waals surface area (Å²) in [5, 5.41) is 21.3. The highest BCUT2D eigenvalue weighted by atomic mass is 32.1. The number of benzene rings is 2. The number of nitrogens with one attached hydrogen (secondary N) is 1. The summed E-state index contributed by atoms with van der Waals surface area (Å²) >= 11 is 1.32. The molecule has 0 spiro atoms. The minimum absolute atomic E-state index is 0.0270. The monoisotopic (exact) mass is 393 g/mol. The second-order valence-electron chi connectivity index (χ2n) is 6.40. The molecule has 1 aromatic heterocycles. The number of nitrogens with zero attached hydrogens (tertiary/aromatic N) is 2. The Balaban J connectivity index is 1.60. The van der Waals surface area contributed by atoms with Crippen LogP contribution in [0.4, 0.5) is 10.1 Å². The molecule has 1 aliphatic heterocycles. The minimum Gasteiger partial charge on any atom is -0.510 e. The maximum Gasteiger partial charge on any atom is 0.159 e. The molecule has 0 aliphatic carbocycles. The van der Waals surface area contributed by atoms with Gasteiger partial charge in [-0.3, -0.25) is 10.2 Å². The summed E-state index contributed by atoms with van der Waals surface area (Å²) in [5.74, 6) is -0.127. The van der Waals surface area contributed by atoms with E-state index < -0.39 is 0 Å². The highest BCUT2D eigenvalue weighted by Crippen LogP contribution is 2.34. The molecule has 0 saturated heterocycles. The molecule has 5 nitrogen and oxygen atoms in total. The molecule has 0 unspecified atom stereocenters. The number of rotatable bonds is 4. The number of carbonyl (C=O) groups excluding carboxylic acids is 1. The highest BCUT2D eigenvalue weighted by molar-refractivity contribution is 7.11. The predicted molar refractivity (Wildman–Crippen MR) is 109 cm³/mol. The lowest BCUT2D eigenvalue weighted by Gasteiger charge is -2.18. The fraction of sp³-hybridized carbons (Fsp3) is 0.0952. The highest BCUT2D eigenvalue weighted by Gasteiger charge is 2.31. The lowest BCUT2D eigenvalue weighted by Crippen LogP contribution is -2.26. The number of aliphatic hydroxyl groups is 1. The maximum absolute atomic E-state index is 13.1. The van der Waals surface area contributed by atoms with Crippen molar-refractivity contribution >= 4 is 34.2 Å². The molecule has 0 atom stereocenters. The van der Waals surface area contributed by atoms with Crippen LogP contribution in [0.25, 0.3) is 16.8 Å². The van der Waals surface area contributed by atoms with E-state index in [4.69, 9.17) is 5.41 Å². The number of thiazole rings is 1. The summed E-state index contributed by atoms with van der Waals surface area (Å²) in [6.45, 7) is 1.67. The number of ketones is 1. The average Bonchev–Trinajstić information content (AvgIpc) is 3.27. The van der Waals surface area contributed by atoms with Crippen LogP contribution in [0.15, 0.2) is 59.7 Å². The Morgan fingerprint density at radius 1 is 1.18 bits per heavy atom. The van der Waals surface area contributed by atoms with Crippen LogP contribution >= 0.6 is 11.3 Å². The molecule has 1 aliphatic rings. The van der Waals surface area contributed by atoms with E-state index in [-0.39, 0.29) is 29.7 Å². The van der Waals surface area contributed by atoms with Crippen LogP contribution in [0.5, 0.6) is 0 Å². The molecule has 0 bridgehead atoms. The van der Waals surface area contributed by atoms with Gasteiger partial charge in [-0.25, -0.2) is 9.37 Å². The number of halogens is 1. The Morgan fingerprint density at radius 2 is 1.86 bits per heavy atom. The Hall–Kier alpha value is -3.32. The van der Waals surface area contributed by atoms with Crippen molar-refractivity contribution in [2.45, 2.75) is 6.92 Å². The predicted octanol–water partition coefficient (Wildman–Crippen LogP) is 4.92. The van der Waals surface area contributed by atoms with Gasteiger partial charge in [0.05, 0.1) is 17.8 Å².